The molecule has 2 aliphatic rings. The van der Waals surface area contributed by atoms with Crippen molar-refractivity contribution in [3.8, 4) is 0 Å². The summed E-state index contributed by atoms with van der Waals surface area (Å²) >= 11 is 1.34. The molecule has 0 radical (unpaired) electrons. The number of cyclic esters (lactones) is 2. The van der Waals surface area contributed by atoms with Gasteiger partial charge in [0.25, 0.3) is 5.79 Å². The van der Waals surface area contributed by atoms with Crippen LogP contribution in [0.4, 0.5) is 4.79 Å². The quantitative estimate of drug-likeness (QED) is 0.538. The van der Waals surface area contributed by atoms with Gasteiger partial charge in [-0.25, -0.2) is 4.79 Å². The zero-order valence-electron chi connectivity index (χ0n) is 14.3. The van der Waals surface area contributed by atoms with Crippen molar-refractivity contribution >= 4 is 35.6 Å². The largest absolute Gasteiger partial charge is 0.444 e. The van der Waals surface area contributed by atoms with Gasteiger partial charge in [0.2, 0.25) is 5.92 Å². The van der Waals surface area contributed by atoms with Gasteiger partial charge in [-0.2, -0.15) is 0 Å². The van der Waals surface area contributed by atoms with Crippen LogP contribution < -0.4 is 0 Å². The lowest BCUT2D eigenvalue weighted by atomic mass is 9.97. The van der Waals surface area contributed by atoms with Gasteiger partial charge in [0.05, 0.1) is 5.88 Å². The van der Waals surface area contributed by atoms with Crippen LogP contribution in [0, 0.1) is 5.92 Å². The second-order valence-corrected chi connectivity index (χ2v) is 8.04. The Kier molecular flexibility index (Phi) is 4.85. The molecule has 0 aromatic heterocycles. The van der Waals surface area contributed by atoms with Crippen LogP contribution >= 0.6 is 11.8 Å². The molecule has 134 valence electrons. The standard InChI is InChI=1S/C15H21NO7S/c1-14(2,3)23-13(20)16-7-24-6-8(16)10(17)9-11(18)21-15(4,5)22-12(9)19/h8-9H,6-7H2,1-5H3/t8-/m0/s1. The van der Waals surface area contributed by atoms with Crippen molar-refractivity contribution in [1.29, 1.82) is 0 Å². The maximum Gasteiger partial charge on any atom is 0.411 e. The molecule has 9 heteroatoms. The number of Topliss-reactive ketones (excluding diaryl/α,β-unsaturated/α-hetero) is 1. The lowest BCUT2D eigenvalue weighted by Crippen LogP contribution is -2.54. The lowest BCUT2D eigenvalue weighted by Gasteiger charge is -2.34. The van der Waals surface area contributed by atoms with Crippen LogP contribution in [0.5, 0.6) is 0 Å². The molecule has 2 fully saturated rings. The molecular formula is C15H21NO7S. The molecule has 1 amide bonds. The van der Waals surface area contributed by atoms with E-state index in [1.54, 1.807) is 20.8 Å². The zero-order valence-corrected chi connectivity index (χ0v) is 15.1. The van der Waals surface area contributed by atoms with Gasteiger partial charge in [-0.1, -0.05) is 0 Å². The highest BCUT2D eigenvalue weighted by molar-refractivity contribution is 7.99. The first kappa shape index (κ1) is 18.6. The minimum Gasteiger partial charge on any atom is -0.444 e. The average molecular weight is 359 g/mol. The van der Waals surface area contributed by atoms with Crippen molar-refractivity contribution in [3.63, 3.8) is 0 Å². The number of esters is 2. The minimum atomic E-state index is -1.67. The summed E-state index contributed by atoms with van der Waals surface area (Å²) in [5.41, 5.74) is -0.718. The molecule has 0 N–H and O–H groups in total. The Labute approximate surface area is 144 Å². The summed E-state index contributed by atoms with van der Waals surface area (Å²) in [6, 6.07) is -0.934. The molecular weight excluding hydrogens is 338 g/mol. The minimum absolute atomic E-state index is 0.244. The van der Waals surface area contributed by atoms with Gasteiger partial charge in [0, 0.05) is 19.6 Å². The average Bonchev–Trinajstić information content (AvgIpc) is 2.82. The summed E-state index contributed by atoms with van der Waals surface area (Å²) in [5, 5.41) is 0. The van der Waals surface area contributed by atoms with Crippen molar-refractivity contribution in [3.05, 3.63) is 0 Å². The van der Waals surface area contributed by atoms with E-state index in [1.807, 2.05) is 0 Å². The predicted molar refractivity (Wildman–Crippen MR) is 83.9 cm³/mol. The first-order valence-corrected chi connectivity index (χ1v) is 8.63. The second kappa shape index (κ2) is 6.27. The number of hydrogen-bond donors (Lipinski definition) is 0. The number of ketones is 1. The number of hydrogen-bond acceptors (Lipinski definition) is 8. The van der Waals surface area contributed by atoms with Crippen LogP contribution in [0.2, 0.25) is 0 Å². The lowest BCUT2D eigenvalue weighted by molar-refractivity contribution is -0.238. The van der Waals surface area contributed by atoms with E-state index in [4.69, 9.17) is 14.2 Å². The summed E-state index contributed by atoms with van der Waals surface area (Å²) in [7, 11) is 0. The van der Waals surface area contributed by atoms with Crippen molar-refractivity contribution in [2.75, 3.05) is 11.6 Å². The number of ether oxygens (including phenoxy) is 3. The summed E-state index contributed by atoms with van der Waals surface area (Å²) in [6.07, 6.45) is -0.663. The number of nitrogens with zero attached hydrogens (tertiary/aromatic N) is 1. The molecule has 0 aromatic carbocycles. The van der Waals surface area contributed by atoms with Gasteiger partial charge in [0.1, 0.15) is 11.6 Å². The molecule has 2 aliphatic heterocycles. The van der Waals surface area contributed by atoms with Crippen LogP contribution in [0.15, 0.2) is 0 Å². The highest BCUT2D eigenvalue weighted by Gasteiger charge is 2.51. The maximum absolute atomic E-state index is 12.6. The number of carbonyl (C=O) groups excluding carboxylic acids is 4. The molecule has 2 saturated heterocycles. The van der Waals surface area contributed by atoms with Crippen molar-refractivity contribution in [1.82, 2.24) is 4.90 Å². The molecule has 0 spiro atoms. The van der Waals surface area contributed by atoms with Gasteiger partial charge in [-0.15, -0.1) is 11.8 Å². The van der Waals surface area contributed by atoms with E-state index in [0.29, 0.717) is 0 Å². The topological polar surface area (TPSA) is 99.2 Å². The Hall–Kier alpha value is -1.77. The van der Waals surface area contributed by atoms with Gasteiger partial charge in [-0.05, 0) is 20.8 Å². The predicted octanol–water partition coefficient (Wildman–Crippen LogP) is 1.32. The van der Waals surface area contributed by atoms with Gasteiger partial charge in [-0.3, -0.25) is 19.3 Å². The number of carbonyl (C=O) groups is 4. The summed E-state index contributed by atoms with van der Waals surface area (Å²) in [4.78, 5) is 50.2. The monoisotopic (exact) mass is 359 g/mol. The van der Waals surface area contributed by atoms with E-state index in [9.17, 15) is 19.2 Å². The van der Waals surface area contributed by atoms with E-state index in [-0.39, 0.29) is 11.6 Å². The smallest absolute Gasteiger partial charge is 0.411 e. The first-order valence-electron chi connectivity index (χ1n) is 7.48. The SMILES string of the molecule is CC(C)(C)OC(=O)N1CSC[C@H]1C(=O)C1C(=O)OC(C)(C)OC1=O. The number of rotatable bonds is 2. The Morgan fingerprint density at radius 1 is 1.21 bits per heavy atom. The van der Waals surface area contributed by atoms with Gasteiger partial charge in [0.15, 0.2) is 5.78 Å². The Morgan fingerprint density at radius 2 is 1.75 bits per heavy atom. The highest BCUT2D eigenvalue weighted by atomic mass is 32.2. The van der Waals surface area contributed by atoms with E-state index >= 15 is 0 Å². The van der Waals surface area contributed by atoms with Gasteiger partial charge < -0.3 is 14.2 Å². The Balaban J connectivity index is 2.15. The second-order valence-electron chi connectivity index (χ2n) is 7.04. The molecule has 24 heavy (non-hydrogen) atoms. The van der Waals surface area contributed by atoms with Gasteiger partial charge >= 0.3 is 18.0 Å². The molecule has 0 bridgehead atoms. The summed E-state index contributed by atoms with van der Waals surface area (Å²) in [5.74, 6) is -5.18. The fraction of sp³-hybridized carbons (Fsp3) is 0.733. The van der Waals surface area contributed by atoms with Crippen LogP contribution in [0.1, 0.15) is 34.6 Å². The summed E-state index contributed by atoms with van der Waals surface area (Å²) in [6.45, 7) is 7.94. The van der Waals surface area contributed by atoms with Crippen LogP contribution in [0.3, 0.4) is 0 Å². The molecule has 0 aromatic rings. The number of amides is 1. The first-order chi connectivity index (χ1) is 10.9. The molecule has 0 saturated carbocycles. The number of thioether (sulfide) groups is 1. The molecule has 8 nitrogen and oxygen atoms in total. The van der Waals surface area contributed by atoms with Crippen LogP contribution in [-0.4, -0.2) is 57.8 Å². The Morgan fingerprint density at radius 3 is 2.25 bits per heavy atom. The van der Waals surface area contributed by atoms with E-state index < -0.39 is 47.2 Å². The maximum atomic E-state index is 12.6. The third kappa shape index (κ3) is 4.00. The third-order valence-corrected chi connectivity index (χ3v) is 4.30. The van der Waals surface area contributed by atoms with Crippen LogP contribution in [0.25, 0.3) is 0 Å². The third-order valence-electron chi connectivity index (χ3n) is 3.29. The normalized spacial score (nSPS) is 24.4. The van der Waals surface area contributed by atoms with E-state index in [2.05, 4.69) is 0 Å². The summed E-state index contributed by atoms with van der Waals surface area (Å²) < 4.78 is 15.2. The molecule has 2 heterocycles. The van der Waals surface area contributed by atoms with E-state index in [1.165, 1.54) is 30.5 Å². The van der Waals surface area contributed by atoms with Crippen molar-refractivity contribution < 1.29 is 33.4 Å². The van der Waals surface area contributed by atoms with Crippen LogP contribution in [-0.2, 0) is 28.6 Å². The van der Waals surface area contributed by atoms with E-state index in [0.717, 1.165) is 0 Å². The highest BCUT2D eigenvalue weighted by Crippen LogP contribution is 2.30. The van der Waals surface area contributed by atoms with Crippen molar-refractivity contribution in [2.45, 2.75) is 52.0 Å². The fourth-order valence-electron chi connectivity index (χ4n) is 2.32. The molecule has 2 rings (SSSR count). The molecule has 0 unspecified atom stereocenters. The Bertz CT molecular complexity index is 561. The van der Waals surface area contributed by atoms with Crippen molar-refractivity contribution in [2.24, 2.45) is 5.92 Å². The fourth-order valence-corrected chi connectivity index (χ4v) is 3.48. The molecule has 1 atom stereocenters. The zero-order chi connectivity index (χ0) is 18.3. The molecule has 0 aliphatic carbocycles.